The number of carbonyl (C=O) groups excluding carboxylic acids is 1. The lowest BCUT2D eigenvalue weighted by Gasteiger charge is -2.07. The summed E-state index contributed by atoms with van der Waals surface area (Å²) < 4.78 is 0. The van der Waals surface area contributed by atoms with E-state index in [1.807, 2.05) is 0 Å². The Morgan fingerprint density at radius 2 is 1.88 bits per heavy atom. The number of nitrogens with zero attached hydrogens (tertiary/aromatic N) is 1. The second-order valence-corrected chi connectivity index (χ2v) is 5.81. The standard InChI is InChI=1S/C16H10Cl3N3O2/c17-10-1-4-15(23)14(5-10)21-8-9(7-20)16(24)22-11-2-3-12(18)13(19)6-11/h1-6,8,21,23H,(H,22,24)/b9-8-. The minimum absolute atomic E-state index is 0.0715. The molecule has 0 aliphatic rings. The first-order valence-electron chi connectivity index (χ1n) is 6.52. The largest absolute Gasteiger partial charge is 0.506 e. The number of hydrogen-bond acceptors (Lipinski definition) is 4. The quantitative estimate of drug-likeness (QED) is 0.402. The molecular formula is C16H10Cl3N3O2. The zero-order valence-electron chi connectivity index (χ0n) is 12.0. The van der Waals surface area contributed by atoms with Gasteiger partial charge in [-0.3, -0.25) is 4.79 Å². The van der Waals surface area contributed by atoms with Crippen molar-refractivity contribution in [3.8, 4) is 11.8 Å². The van der Waals surface area contributed by atoms with Gasteiger partial charge in [0.25, 0.3) is 5.91 Å². The summed E-state index contributed by atoms with van der Waals surface area (Å²) in [4.78, 5) is 12.1. The molecule has 0 spiro atoms. The molecule has 0 bridgehead atoms. The Hall–Kier alpha value is -2.39. The van der Waals surface area contributed by atoms with E-state index in [1.54, 1.807) is 12.1 Å². The van der Waals surface area contributed by atoms with E-state index < -0.39 is 5.91 Å². The highest BCUT2D eigenvalue weighted by Gasteiger charge is 2.11. The maximum Gasteiger partial charge on any atom is 0.267 e. The Labute approximate surface area is 153 Å². The van der Waals surface area contributed by atoms with Crippen LogP contribution in [0.15, 0.2) is 48.2 Å². The van der Waals surface area contributed by atoms with Crippen LogP contribution in [0.2, 0.25) is 15.1 Å². The fourth-order valence-corrected chi connectivity index (χ4v) is 2.16. The van der Waals surface area contributed by atoms with Crippen LogP contribution in [0.4, 0.5) is 11.4 Å². The van der Waals surface area contributed by atoms with Gasteiger partial charge in [-0.25, -0.2) is 0 Å². The first-order chi connectivity index (χ1) is 11.4. The van der Waals surface area contributed by atoms with Crippen LogP contribution in [-0.4, -0.2) is 11.0 Å². The molecule has 0 aliphatic carbocycles. The zero-order valence-corrected chi connectivity index (χ0v) is 14.2. The Bertz CT molecular complexity index is 860. The van der Waals surface area contributed by atoms with Crippen molar-refractivity contribution in [1.82, 2.24) is 0 Å². The molecule has 122 valence electrons. The Morgan fingerprint density at radius 3 is 2.54 bits per heavy atom. The summed E-state index contributed by atoms with van der Waals surface area (Å²) in [5, 5.41) is 25.0. The summed E-state index contributed by atoms with van der Waals surface area (Å²) >= 11 is 17.5. The molecule has 0 atom stereocenters. The highest BCUT2D eigenvalue weighted by atomic mass is 35.5. The average molecular weight is 383 g/mol. The van der Waals surface area contributed by atoms with Gasteiger partial charge in [0.1, 0.15) is 17.4 Å². The molecule has 0 heterocycles. The highest BCUT2D eigenvalue weighted by Crippen LogP contribution is 2.27. The molecule has 0 saturated heterocycles. The van der Waals surface area contributed by atoms with Crippen LogP contribution in [-0.2, 0) is 4.79 Å². The van der Waals surface area contributed by atoms with Crippen LogP contribution in [0.5, 0.6) is 5.75 Å². The summed E-state index contributed by atoms with van der Waals surface area (Å²) in [6.07, 6.45) is 1.16. The third-order valence-corrected chi connectivity index (χ3v) is 3.85. The third kappa shape index (κ3) is 4.56. The Morgan fingerprint density at radius 1 is 1.12 bits per heavy atom. The number of phenols is 1. The van der Waals surface area contributed by atoms with E-state index in [0.29, 0.717) is 15.7 Å². The predicted octanol–water partition coefficient (Wildman–Crippen LogP) is 4.81. The van der Waals surface area contributed by atoms with Crippen molar-refractivity contribution in [2.24, 2.45) is 0 Å². The van der Waals surface area contributed by atoms with E-state index >= 15 is 0 Å². The summed E-state index contributed by atoms with van der Waals surface area (Å²) in [5.41, 5.74) is 0.444. The van der Waals surface area contributed by atoms with E-state index in [1.165, 1.54) is 30.3 Å². The normalized spacial score (nSPS) is 10.8. The molecule has 0 saturated carbocycles. The van der Waals surface area contributed by atoms with Crippen LogP contribution in [0.25, 0.3) is 0 Å². The molecule has 2 aromatic carbocycles. The van der Waals surface area contributed by atoms with Gasteiger partial charge >= 0.3 is 0 Å². The van der Waals surface area contributed by atoms with E-state index in [0.717, 1.165) is 6.20 Å². The Kier molecular flexibility index (Phi) is 5.93. The second-order valence-electron chi connectivity index (χ2n) is 4.56. The van der Waals surface area contributed by atoms with E-state index in [-0.39, 0.29) is 22.0 Å². The van der Waals surface area contributed by atoms with Gasteiger partial charge in [-0.15, -0.1) is 0 Å². The fraction of sp³-hybridized carbons (Fsp3) is 0. The number of carbonyl (C=O) groups is 1. The fourth-order valence-electron chi connectivity index (χ4n) is 1.69. The number of nitriles is 1. The summed E-state index contributed by atoms with van der Waals surface area (Å²) in [7, 11) is 0. The molecule has 5 nitrogen and oxygen atoms in total. The molecule has 0 aliphatic heterocycles. The van der Waals surface area contributed by atoms with Crippen molar-refractivity contribution >= 4 is 52.1 Å². The van der Waals surface area contributed by atoms with Crippen molar-refractivity contribution in [3.63, 3.8) is 0 Å². The number of rotatable bonds is 4. The topological polar surface area (TPSA) is 85.2 Å². The number of benzene rings is 2. The lowest BCUT2D eigenvalue weighted by molar-refractivity contribution is -0.112. The van der Waals surface area contributed by atoms with Crippen LogP contribution in [0.3, 0.4) is 0 Å². The molecule has 8 heteroatoms. The SMILES string of the molecule is N#C/C(=C/Nc1cc(Cl)ccc1O)C(=O)Nc1ccc(Cl)c(Cl)c1. The van der Waals surface area contributed by atoms with Crippen molar-refractivity contribution in [2.45, 2.75) is 0 Å². The maximum atomic E-state index is 12.1. The molecule has 2 aromatic rings. The first-order valence-corrected chi connectivity index (χ1v) is 7.66. The number of anilines is 2. The minimum Gasteiger partial charge on any atom is -0.506 e. The third-order valence-electron chi connectivity index (χ3n) is 2.87. The molecule has 0 unspecified atom stereocenters. The highest BCUT2D eigenvalue weighted by molar-refractivity contribution is 6.42. The van der Waals surface area contributed by atoms with E-state index in [9.17, 15) is 9.90 Å². The molecule has 2 rings (SSSR count). The van der Waals surface area contributed by atoms with Gasteiger partial charge in [-0.05, 0) is 36.4 Å². The Balaban J connectivity index is 2.15. The number of amides is 1. The number of halogens is 3. The van der Waals surface area contributed by atoms with Gasteiger partial charge in [-0.2, -0.15) is 5.26 Å². The monoisotopic (exact) mass is 381 g/mol. The first kappa shape index (κ1) is 18.0. The molecular weight excluding hydrogens is 373 g/mol. The maximum absolute atomic E-state index is 12.1. The van der Waals surface area contributed by atoms with Crippen LogP contribution in [0.1, 0.15) is 0 Å². The number of phenolic OH excluding ortho intramolecular Hbond substituents is 1. The van der Waals surface area contributed by atoms with E-state index in [4.69, 9.17) is 40.1 Å². The van der Waals surface area contributed by atoms with Crippen molar-refractivity contribution in [2.75, 3.05) is 10.6 Å². The summed E-state index contributed by atoms with van der Waals surface area (Å²) in [6.45, 7) is 0. The van der Waals surface area contributed by atoms with Crippen LogP contribution >= 0.6 is 34.8 Å². The van der Waals surface area contributed by atoms with E-state index in [2.05, 4.69) is 10.6 Å². The number of nitrogens with one attached hydrogen (secondary N) is 2. The lowest BCUT2D eigenvalue weighted by Crippen LogP contribution is -2.14. The molecule has 0 fully saturated rings. The summed E-state index contributed by atoms with van der Waals surface area (Å²) in [6, 6.07) is 10.7. The van der Waals surface area contributed by atoms with Gasteiger partial charge < -0.3 is 15.7 Å². The number of hydrogen-bond donors (Lipinski definition) is 3. The molecule has 1 amide bonds. The van der Waals surface area contributed by atoms with Gasteiger partial charge in [-0.1, -0.05) is 34.8 Å². The summed E-state index contributed by atoms with van der Waals surface area (Å²) in [5.74, 6) is -0.720. The molecule has 24 heavy (non-hydrogen) atoms. The average Bonchev–Trinajstić information content (AvgIpc) is 2.54. The molecule has 0 radical (unpaired) electrons. The van der Waals surface area contributed by atoms with Gasteiger partial charge in [0.15, 0.2) is 0 Å². The van der Waals surface area contributed by atoms with Crippen molar-refractivity contribution in [1.29, 1.82) is 5.26 Å². The van der Waals surface area contributed by atoms with Crippen molar-refractivity contribution < 1.29 is 9.90 Å². The lowest BCUT2D eigenvalue weighted by atomic mass is 10.2. The van der Waals surface area contributed by atoms with Gasteiger partial charge in [0.2, 0.25) is 0 Å². The second kappa shape index (κ2) is 7.93. The molecule has 0 aromatic heterocycles. The zero-order chi connectivity index (χ0) is 17.7. The predicted molar refractivity (Wildman–Crippen MR) is 95.5 cm³/mol. The molecule has 3 N–H and O–H groups in total. The van der Waals surface area contributed by atoms with Crippen LogP contribution in [0, 0.1) is 11.3 Å². The smallest absolute Gasteiger partial charge is 0.267 e. The van der Waals surface area contributed by atoms with Crippen molar-refractivity contribution in [3.05, 3.63) is 63.2 Å². The van der Waals surface area contributed by atoms with Gasteiger partial charge in [0.05, 0.1) is 15.7 Å². The van der Waals surface area contributed by atoms with Gasteiger partial charge in [0, 0.05) is 16.9 Å². The minimum atomic E-state index is -0.648. The van der Waals surface area contributed by atoms with Crippen LogP contribution < -0.4 is 10.6 Å². The number of aromatic hydroxyl groups is 1.